The molecule has 2 rings (SSSR count). The Hall–Kier alpha value is -0.910. The van der Waals surface area contributed by atoms with E-state index in [-0.39, 0.29) is 0 Å². The Balaban J connectivity index is 1.75. The van der Waals surface area contributed by atoms with E-state index < -0.39 is 5.60 Å². The molecule has 1 aromatic heterocycles. The van der Waals surface area contributed by atoms with E-state index in [1.165, 1.54) is 0 Å². The van der Waals surface area contributed by atoms with Gasteiger partial charge in [0.2, 0.25) is 0 Å². The second-order valence-corrected chi connectivity index (χ2v) is 4.12. The normalized spacial score (nSPS) is 26.0. The number of ether oxygens (including phenoxy) is 1. The summed E-state index contributed by atoms with van der Waals surface area (Å²) in [6.07, 6.45) is 2.51. The molecule has 84 valence electrons. The number of H-pyrrole nitrogens is 1. The number of hydrogen-bond acceptors (Lipinski definition) is 4. The number of nitrogens with zero attached hydrogens (tertiary/aromatic N) is 1. The molecule has 5 nitrogen and oxygen atoms in total. The van der Waals surface area contributed by atoms with Crippen LogP contribution in [0.25, 0.3) is 0 Å². The van der Waals surface area contributed by atoms with Crippen LogP contribution in [0, 0.1) is 6.92 Å². The lowest BCUT2D eigenvalue weighted by Gasteiger charge is -2.20. The first kappa shape index (κ1) is 10.6. The molecule has 1 fully saturated rings. The molecule has 15 heavy (non-hydrogen) atoms. The summed E-state index contributed by atoms with van der Waals surface area (Å²) in [5.41, 5.74) is 0.352. The predicted molar refractivity (Wildman–Crippen MR) is 55.4 cm³/mol. The van der Waals surface area contributed by atoms with Crippen molar-refractivity contribution in [3.8, 4) is 0 Å². The third kappa shape index (κ3) is 2.77. The zero-order chi connectivity index (χ0) is 10.7. The van der Waals surface area contributed by atoms with Crippen molar-refractivity contribution in [3.63, 3.8) is 0 Å². The first-order chi connectivity index (χ1) is 7.18. The van der Waals surface area contributed by atoms with Crippen molar-refractivity contribution >= 4 is 0 Å². The van der Waals surface area contributed by atoms with Crippen molar-refractivity contribution in [3.05, 3.63) is 17.7 Å². The van der Waals surface area contributed by atoms with Crippen molar-refractivity contribution in [1.82, 2.24) is 15.3 Å². The van der Waals surface area contributed by atoms with E-state index in [0.29, 0.717) is 32.7 Å². The lowest BCUT2D eigenvalue weighted by atomic mass is 10.0. The van der Waals surface area contributed by atoms with Crippen molar-refractivity contribution in [2.75, 3.05) is 19.8 Å². The van der Waals surface area contributed by atoms with Crippen molar-refractivity contribution in [1.29, 1.82) is 0 Å². The number of aryl methyl sites for hydroxylation is 1. The summed E-state index contributed by atoms with van der Waals surface area (Å²) in [4.78, 5) is 7.23. The first-order valence-electron chi connectivity index (χ1n) is 5.19. The molecule has 0 aromatic carbocycles. The van der Waals surface area contributed by atoms with E-state index in [1.54, 1.807) is 6.20 Å². The van der Waals surface area contributed by atoms with Gasteiger partial charge in [-0.3, -0.25) is 0 Å². The first-order valence-corrected chi connectivity index (χ1v) is 5.19. The van der Waals surface area contributed by atoms with E-state index in [1.807, 2.05) is 6.92 Å². The third-order valence-corrected chi connectivity index (χ3v) is 2.61. The van der Waals surface area contributed by atoms with E-state index in [2.05, 4.69) is 15.3 Å². The smallest absolute Gasteiger partial charge is 0.103 e. The highest BCUT2D eigenvalue weighted by Gasteiger charge is 2.31. The van der Waals surface area contributed by atoms with Crippen LogP contribution in [0.5, 0.6) is 0 Å². The van der Waals surface area contributed by atoms with Crippen LogP contribution in [0.2, 0.25) is 0 Å². The van der Waals surface area contributed by atoms with Crippen molar-refractivity contribution < 1.29 is 9.84 Å². The standard InChI is InChI=1S/C10H17N3O2/c1-8-12-5-9(13-8)4-11-6-10(14)2-3-15-7-10/h5,11,14H,2-4,6-7H2,1H3,(H,12,13). The number of nitrogens with one attached hydrogen (secondary N) is 2. The molecule has 1 aromatic rings. The second kappa shape index (κ2) is 4.30. The second-order valence-electron chi connectivity index (χ2n) is 4.12. The van der Waals surface area contributed by atoms with Crippen LogP contribution in [0.4, 0.5) is 0 Å². The molecule has 0 radical (unpaired) electrons. The SMILES string of the molecule is Cc1ncc(CNCC2(O)CCOC2)[nH]1. The lowest BCUT2D eigenvalue weighted by molar-refractivity contribution is 0.0268. The van der Waals surface area contributed by atoms with Gasteiger partial charge in [0.1, 0.15) is 11.4 Å². The number of aromatic nitrogens is 2. The number of aromatic amines is 1. The summed E-state index contributed by atoms with van der Waals surface area (Å²) >= 11 is 0. The fraction of sp³-hybridized carbons (Fsp3) is 0.700. The van der Waals surface area contributed by atoms with Gasteiger partial charge in [0, 0.05) is 38.0 Å². The summed E-state index contributed by atoms with van der Waals surface area (Å²) < 4.78 is 5.16. The summed E-state index contributed by atoms with van der Waals surface area (Å²) in [5.74, 6) is 0.912. The topological polar surface area (TPSA) is 70.2 Å². The molecule has 3 N–H and O–H groups in total. The number of rotatable bonds is 4. The fourth-order valence-corrected chi connectivity index (χ4v) is 1.73. The number of aliphatic hydroxyl groups is 1. The van der Waals surface area contributed by atoms with Crippen LogP contribution in [0.3, 0.4) is 0 Å². The Morgan fingerprint density at radius 1 is 1.73 bits per heavy atom. The van der Waals surface area contributed by atoms with Crippen LogP contribution in [-0.2, 0) is 11.3 Å². The minimum Gasteiger partial charge on any atom is -0.386 e. The molecule has 0 spiro atoms. The van der Waals surface area contributed by atoms with Gasteiger partial charge in [-0.05, 0) is 6.92 Å². The van der Waals surface area contributed by atoms with E-state index in [9.17, 15) is 5.11 Å². The maximum atomic E-state index is 9.96. The third-order valence-electron chi connectivity index (χ3n) is 2.61. The maximum absolute atomic E-state index is 9.96. The van der Waals surface area contributed by atoms with E-state index in [4.69, 9.17) is 4.74 Å². The highest BCUT2D eigenvalue weighted by atomic mass is 16.5. The minimum absolute atomic E-state index is 0.433. The highest BCUT2D eigenvalue weighted by molar-refractivity contribution is 4.99. The summed E-state index contributed by atoms with van der Waals surface area (Å²) in [6.45, 7) is 4.26. The molecule has 1 atom stereocenters. The Kier molecular flexibility index (Phi) is 3.04. The van der Waals surface area contributed by atoms with Gasteiger partial charge < -0.3 is 20.1 Å². The summed E-state index contributed by atoms with van der Waals surface area (Å²) in [6, 6.07) is 0. The molecule has 0 aliphatic carbocycles. The molecule has 1 aliphatic heterocycles. The Bertz CT molecular complexity index is 318. The van der Waals surface area contributed by atoms with Crippen LogP contribution >= 0.6 is 0 Å². The van der Waals surface area contributed by atoms with E-state index in [0.717, 1.165) is 11.5 Å². The molecule has 2 heterocycles. The Morgan fingerprint density at radius 2 is 2.60 bits per heavy atom. The van der Waals surface area contributed by atoms with Gasteiger partial charge in [0.05, 0.1) is 6.61 Å². The van der Waals surface area contributed by atoms with Gasteiger partial charge in [0.25, 0.3) is 0 Å². The molecule has 1 saturated heterocycles. The van der Waals surface area contributed by atoms with Gasteiger partial charge >= 0.3 is 0 Å². The molecule has 0 saturated carbocycles. The van der Waals surface area contributed by atoms with Crippen LogP contribution in [0.1, 0.15) is 17.9 Å². The molecule has 5 heteroatoms. The van der Waals surface area contributed by atoms with Crippen LogP contribution in [0.15, 0.2) is 6.20 Å². The molecule has 0 amide bonds. The van der Waals surface area contributed by atoms with Gasteiger partial charge in [-0.2, -0.15) is 0 Å². The molecular weight excluding hydrogens is 194 g/mol. The van der Waals surface area contributed by atoms with Gasteiger partial charge in [-0.25, -0.2) is 4.98 Å². The van der Waals surface area contributed by atoms with Gasteiger partial charge in [-0.15, -0.1) is 0 Å². The highest BCUT2D eigenvalue weighted by Crippen LogP contribution is 2.16. The summed E-state index contributed by atoms with van der Waals surface area (Å²) in [7, 11) is 0. The van der Waals surface area contributed by atoms with Crippen molar-refractivity contribution in [2.45, 2.75) is 25.5 Å². The maximum Gasteiger partial charge on any atom is 0.103 e. The minimum atomic E-state index is -0.685. The molecule has 1 unspecified atom stereocenters. The van der Waals surface area contributed by atoms with Gasteiger partial charge in [0.15, 0.2) is 0 Å². The average molecular weight is 211 g/mol. The molecule has 1 aliphatic rings. The average Bonchev–Trinajstić information content (AvgIpc) is 2.76. The molecular formula is C10H17N3O2. The largest absolute Gasteiger partial charge is 0.386 e. The quantitative estimate of drug-likeness (QED) is 0.653. The number of imidazole rings is 1. The van der Waals surface area contributed by atoms with Crippen LogP contribution in [-0.4, -0.2) is 40.4 Å². The summed E-state index contributed by atoms with van der Waals surface area (Å²) in [5, 5.41) is 13.2. The Labute approximate surface area is 88.9 Å². The predicted octanol–water partition coefficient (Wildman–Crippen LogP) is -0.0409. The van der Waals surface area contributed by atoms with Crippen molar-refractivity contribution in [2.24, 2.45) is 0 Å². The van der Waals surface area contributed by atoms with Gasteiger partial charge in [-0.1, -0.05) is 0 Å². The number of hydrogen-bond donors (Lipinski definition) is 3. The lowest BCUT2D eigenvalue weighted by Crippen LogP contribution is -2.40. The fourth-order valence-electron chi connectivity index (χ4n) is 1.73. The monoisotopic (exact) mass is 211 g/mol. The van der Waals surface area contributed by atoms with Crippen LogP contribution < -0.4 is 5.32 Å². The van der Waals surface area contributed by atoms with E-state index >= 15 is 0 Å². The molecule has 0 bridgehead atoms. The zero-order valence-electron chi connectivity index (χ0n) is 8.92. The Morgan fingerprint density at radius 3 is 3.20 bits per heavy atom. The zero-order valence-corrected chi connectivity index (χ0v) is 8.92.